The Morgan fingerprint density at radius 3 is 2.71 bits per heavy atom. The number of nitrogens with zero attached hydrogens (tertiary/aromatic N) is 3. The zero-order valence-electron chi connectivity index (χ0n) is 11.9. The molecule has 6 heteroatoms. The van der Waals surface area contributed by atoms with E-state index in [2.05, 4.69) is 15.1 Å². The third-order valence-electron chi connectivity index (χ3n) is 3.92. The maximum absolute atomic E-state index is 13.8. The van der Waals surface area contributed by atoms with Crippen LogP contribution in [0.4, 0.5) is 4.39 Å². The molecule has 0 spiro atoms. The van der Waals surface area contributed by atoms with E-state index in [9.17, 15) is 4.39 Å². The second-order valence-corrected chi connectivity index (χ2v) is 7.03. The molecule has 0 aliphatic carbocycles. The second-order valence-electron chi connectivity index (χ2n) is 5.41. The summed E-state index contributed by atoms with van der Waals surface area (Å²) in [5.41, 5.74) is 0.601. The van der Waals surface area contributed by atoms with E-state index < -0.39 is 0 Å². The largest absolute Gasteiger partial charge is 0.299 e. The molecule has 0 bridgehead atoms. The molecule has 2 heterocycles. The van der Waals surface area contributed by atoms with Crippen LogP contribution in [0.1, 0.15) is 34.3 Å². The van der Waals surface area contributed by atoms with Crippen molar-refractivity contribution in [3.63, 3.8) is 0 Å². The smallest absolute Gasteiger partial charge is 0.129 e. The van der Waals surface area contributed by atoms with Gasteiger partial charge >= 0.3 is 0 Å². The first-order valence-electron chi connectivity index (χ1n) is 7.08. The fraction of sp³-hybridized carbons (Fsp3) is 0.467. The van der Waals surface area contributed by atoms with Crippen molar-refractivity contribution >= 4 is 22.9 Å². The standard InChI is InChI=1S/C15H17ClFN3S/c1-10-18-19-15(21-10)11-5-7-20(8-6-11)9-12-13(16)3-2-4-14(12)17/h2-4,11H,5-9H2,1H3. The Morgan fingerprint density at radius 1 is 1.33 bits per heavy atom. The van der Waals surface area contributed by atoms with Gasteiger partial charge in [-0.05, 0) is 45.0 Å². The van der Waals surface area contributed by atoms with Crippen molar-refractivity contribution in [3.05, 3.63) is 44.6 Å². The van der Waals surface area contributed by atoms with Crippen molar-refractivity contribution in [1.29, 1.82) is 0 Å². The fourth-order valence-corrected chi connectivity index (χ4v) is 3.81. The van der Waals surface area contributed by atoms with Crippen molar-refractivity contribution in [2.24, 2.45) is 0 Å². The van der Waals surface area contributed by atoms with E-state index in [1.165, 1.54) is 6.07 Å². The zero-order chi connectivity index (χ0) is 14.8. The number of hydrogen-bond acceptors (Lipinski definition) is 4. The monoisotopic (exact) mass is 325 g/mol. The summed E-state index contributed by atoms with van der Waals surface area (Å²) in [4.78, 5) is 2.26. The van der Waals surface area contributed by atoms with Gasteiger partial charge in [0.05, 0.1) is 0 Å². The Bertz CT molecular complexity index is 603. The summed E-state index contributed by atoms with van der Waals surface area (Å²) in [7, 11) is 0. The first-order chi connectivity index (χ1) is 10.1. The van der Waals surface area contributed by atoms with E-state index in [1.807, 2.05) is 6.92 Å². The van der Waals surface area contributed by atoms with Crippen molar-refractivity contribution in [3.8, 4) is 0 Å². The average molecular weight is 326 g/mol. The van der Waals surface area contributed by atoms with Crippen molar-refractivity contribution in [1.82, 2.24) is 15.1 Å². The number of piperidine rings is 1. The van der Waals surface area contributed by atoms with Gasteiger partial charge in [0.15, 0.2) is 0 Å². The van der Waals surface area contributed by atoms with Gasteiger partial charge in [0.1, 0.15) is 15.8 Å². The van der Waals surface area contributed by atoms with E-state index in [1.54, 1.807) is 23.5 Å². The quantitative estimate of drug-likeness (QED) is 0.853. The Balaban J connectivity index is 1.61. The van der Waals surface area contributed by atoms with Gasteiger partial charge in [-0.15, -0.1) is 21.5 Å². The van der Waals surface area contributed by atoms with Gasteiger partial charge in [-0.3, -0.25) is 4.90 Å². The van der Waals surface area contributed by atoms with E-state index in [-0.39, 0.29) is 5.82 Å². The molecule has 21 heavy (non-hydrogen) atoms. The summed E-state index contributed by atoms with van der Waals surface area (Å²) >= 11 is 7.78. The molecule has 0 unspecified atom stereocenters. The number of rotatable bonds is 3. The molecule has 0 saturated carbocycles. The topological polar surface area (TPSA) is 29.0 Å². The number of aryl methyl sites for hydroxylation is 1. The highest BCUT2D eigenvalue weighted by molar-refractivity contribution is 7.11. The zero-order valence-corrected chi connectivity index (χ0v) is 13.4. The number of likely N-dealkylation sites (tertiary alicyclic amines) is 1. The molecule has 0 amide bonds. The minimum absolute atomic E-state index is 0.218. The lowest BCUT2D eigenvalue weighted by molar-refractivity contribution is 0.202. The van der Waals surface area contributed by atoms with Gasteiger partial charge < -0.3 is 0 Å². The molecule has 0 N–H and O–H groups in total. The van der Waals surface area contributed by atoms with E-state index >= 15 is 0 Å². The molecule has 3 nitrogen and oxygen atoms in total. The van der Waals surface area contributed by atoms with Crippen LogP contribution in [-0.2, 0) is 6.54 Å². The molecule has 1 saturated heterocycles. The van der Waals surface area contributed by atoms with Gasteiger partial charge in [0, 0.05) is 23.0 Å². The van der Waals surface area contributed by atoms with Gasteiger partial charge in [-0.25, -0.2) is 4.39 Å². The van der Waals surface area contributed by atoms with Gasteiger partial charge in [0.25, 0.3) is 0 Å². The second kappa shape index (κ2) is 6.38. The van der Waals surface area contributed by atoms with Crippen LogP contribution < -0.4 is 0 Å². The Kier molecular flexibility index (Phi) is 4.52. The molecule has 112 valence electrons. The molecule has 1 aliphatic rings. The van der Waals surface area contributed by atoms with E-state index in [0.717, 1.165) is 35.9 Å². The molecule has 1 aromatic carbocycles. The SMILES string of the molecule is Cc1nnc(C2CCN(Cc3c(F)cccc3Cl)CC2)s1. The summed E-state index contributed by atoms with van der Waals surface area (Å²) in [6.07, 6.45) is 2.08. The maximum Gasteiger partial charge on any atom is 0.129 e. The highest BCUT2D eigenvalue weighted by atomic mass is 35.5. The van der Waals surface area contributed by atoms with Crippen LogP contribution in [-0.4, -0.2) is 28.2 Å². The predicted molar refractivity (Wildman–Crippen MR) is 83.3 cm³/mol. The predicted octanol–water partition coefficient (Wildman–Crippen LogP) is 4.02. The van der Waals surface area contributed by atoms with Crippen molar-refractivity contribution in [2.75, 3.05) is 13.1 Å². The van der Waals surface area contributed by atoms with Gasteiger partial charge in [-0.1, -0.05) is 17.7 Å². The van der Waals surface area contributed by atoms with Gasteiger partial charge in [-0.2, -0.15) is 0 Å². The summed E-state index contributed by atoms with van der Waals surface area (Å²) in [6.45, 7) is 4.44. The number of halogens is 2. The highest BCUT2D eigenvalue weighted by Gasteiger charge is 2.24. The maximum atomic E-state index is 13.8. The molecule has 0 atom stereocenters. The molecule has 1 aromatic heterocycles. The normalized spacial score (nSPS) is 17.3. The molecule has 3 rings (SSSR count). The first-order valence-corrected chi connectivity index (χ1v) is 8.28. The van der Waals surface area contributed by atoms with Crippen LogP contribution in [0.15, 0.2) is 18.2 Å². The number of aromatic nitrogens is 2. The van der Waals surface area contributed by atoms with Crippen LogP contribution in [0.25, 0.3) is 0 Å². The lowest BCUT2D eigenvalue weighted by atomic mass is 9.97. The molecule has 0 radical (unpaired) electrons. The van der Waals surface area contributed by atoms with Crippen LogP contribution in [0, 0.1) is 12.7 Å². The van der Waals surface area contributed by atoms with Crippen LogP contribution in [0.5, 0.6) is 0 Å². The Labute approximate surface area is 132 Å². The molecule has 1 fully saturated rings. The Morgan fingerprint density at radius 2 is 2.10 bits per heavy atom. The lowest BCUT2D eigenvalue weighted by Gasteiger charge is -2.31. The summed E-state index contributed by atoms with van der Waals surface area (Å²) < 4.78 is 13.8. The Hall–Kier alpha value is -1.04. The van der Waals surface area contributed by atoms with Crippen molar-refractivity contribution in [2.45, 2.75) is 32.2 Å². The summed E-state index contributed by atoms with van der Waals surface area (Å²) in [5.74, 6) is 0.271. The van der Waals surface area contributed by atoms with Crippen LogP contribution in [0.3, 0.4) is 0 Å². The number of hydrogen-bond donors (Lipinski definition) is 0. The third-order valence-corrected chi connectivity index (χ3v) is 5.28. The fourth-order valence-electron chi connectivity index (χ4n) is 2.72. The molecule has 1 aliphatic heterocycles. The number of benzene rings is 1. The third kappa shape index (κ3) is 3.42. The molecular weight excluding hydrogens is 309 g/mol. The van der Waals surface area contributed by atoms with Crippen LogP contribution in [0.2, 0.25) is 5.02 Å². The summed E-state index contributed by atoms with van der Waals surface area (Å²) in [6, 6.07) is 4.86. The minimum Gasteiger partial charge on any atom is -0.299 e. The van der Waals surface area contributed by atoms with E-state index in [0.29, 0.717) is 23.0 Å². The summed E-state index contributed by atoms with van der Waals surface area (Å²) in [5, 5.41) is 11.0. The van der Waals surface area contributed by atoms with Crippen LogP contribution >= 0.6 is 22.9 Å². The highest BCUT2D eigenvalue weighted by Crippen LogP contribution is 2.31. The average Bonchev–Trinajstić information content (AvgIpc) is 2.90. The molecule has 2 aromatic rings. The first kappa shape index (κ1) is 14.9. The lowest BCUT2D eigenvalue weighted by Crippen LogP contribution is -2.32. The van der Waals surface area contributed by atoms with Crippen molar-refractivity contribution < 1.29 is 4.39 Å². The van der Waals surface area contributed by atoms with E-state index in [4.69, 9.17) is 11.6 Å². The minimum atomic E-state index is -0.218. The molecular formula is C15H17ClFN3S. The van der Waals surface area contributed by atoms with Gasteiger partial charge in [0.2, 0.25) is 0 Å².